The van der Waals surface area contributed by atoms with Crippen LogP contribution in [0.25, 0.3) is 0 Å². The molecule has 100 valence electrons. The Bertz CT molecular complexity index is 551. The zero-order valence-corrected chi connectivity index (χ0v) is 12.6. The summed E-state index contributed by atoms with van der Waals surface area (Å²) >= 11 is 6.44. The molecule has 0 N–H and O–H groups in total. The molecule has 0 spiro atoms. The maximum Gasteiger partial charge on any atom is 0.0729 e. The first-order valence-corrected chi connectivity index (χ1v) is 7.91. The number of benzene rings is 2. The lowest BCUT2D eigenvalue weighted by Gasteiger charge is -2.18. The molecule has 2 aromatic rings. The summed E-state index contributed by atoms with van der Waals surface area (Å²) in [6.45, 7) is 3.95. The third-order valence-corrected chi connectivity index (χ3v) is 5.58. The van der Waals surface area contributed by atoms with Gasteiger partial charge < -0.3 is 0 Å². The lowest BCUT2D eigenvalue weighted by molar-refractivity contribution is 0.670. The average molecular weight is 293 g/mol. The summed E-state index contributed by atoms with van der Waals surface area (Å²) in [4.78, 5) is 0.833. The van der Waals surface area contributed by atoms with Crippen LogP contribution in [0.4, 0.5) is 0 Å². The van der Waals surface area contributed by atoms with Gasteiger partial charge in [0.1, 0.15) is 0 Å². The topological polar surface area (TPSA) is 17.1 Å². The van der Waals surface area contributed by atoms with Gasteiger partial charge >= 0.3 is 0 Å². The van der Waals surface area contributed by atoms with Crippen molar-refractivity contribution in [3.05, 3.63) is 65.7 Å². The largest absolute Gasteiger partial charge is 0.254 e. The molecule has 0 fully saturated rings. The summed E-state index contributed by atoms with van der Waals surface area (Å²) < 4.78 is 12.5. The summed E-state index contributed by atoms with van der Waals surface area (Å²) in [5, 5.41) is -0.380. The van der Waals surface area contributed by atoms with Crippen molar-refractivity contribution in [2.75, 3.05) is 0 Å². The number of aryl methyl sites for hydroxylation is 1. The molecule has 2 aromatic carbocycles. The first-order chi connectivity index (χ1) is 9.09. The number of hydrogen-bond donors (Lipinski definition) is 0. The van der Waals surface area contributed by atoms with Gasteiger partial charge in [-0.05, 0) is 31.5 Å². The lowest BCUT2D eigenvalue weighted by atomic mass is 10.1. The molecule has 0 unspecified atom stereocenters. The van der Waals surface area contributed by atoms with Crippen LogP contribution in [0.1, 0.15) is 23.4 Å². The third-order valence-electron chi connectivity index (χ3n) is 3.12. The first kappa shape index (κ1) is 14.3. The van der Waals surface area contributed by atoms with Gasteiger partial charge in [0.2, 0.25) is 0 Å². The highest BCUT2D eigenvalue weighted by atomic mass is 35.5. The summed E-state index contributed by atoms with van der Waals surface area (Å²) in [6.07, 6.45) is 0. The monoisotopic (exact) mass is 292 g/mol. The molecule has 0 aromatic heterocycles. The Labute approximate surface area is 122 Å². The summed E-state index contributed by atoms with van der Waals surface area (Å²) in [6, 6.07) is 17.6. The molecule has 0 aliphatic carbocycles. The van der Waals surface area contributed by atoms with Crippen LogP contribution in [0.5, 0.6) is 0 Å². The molecule has 0 radical (unpaired) electrons. The van der Waals surface area contributed by atoms with Gasteiger partial charge in [-0.1, -0.05) is 48.0 Å². The van der Waals surface area contributed by atoms with E-state index in [1.807, 2.05) is 68.4 Å². The Balaban J connectivity index is 2.17. The van der Waals surface area contributed by atoms with E-state index in [2.05, 4.69) is 0 Å². The van der Waals surface area contributed by atoms with Gasteiger partial charge in [0.15, 0.2) is 0 Å². The van der Waals surface area contributed by atoms with Crippen LogP contribution in [-0.2, 0) is 10.8 Å². The second-order valence-corrected chi connectivity index (χ2v) is 6.91. The highest BCUT2D eigenvalue weighted by Gasteiger charge is 2.23. The van der Waals surface area contributed by atoms with Crippen molar-refractivity contribution in [2.45, 2.75) is 29.4 Å². The van der Waals surface area contributed by atoms with Crippen LogP contribution in [0.2, 0.25) is 0 Å². The SMILES string of the molecule is Cc1ccc([S@@](=O)[C@@H](C)[C@H](Cl)c2ccccc2)cc1. The average Bonchev–Trinajstić information content (AvgIpc) is 2.46. The van der Waals surface area contributed by atoms with Crippen molar-refractivity contribution in [1.82, 2.24) is 0 Å². The van der Waals surface area contributed by atoms with Crippen molar-refractivity contribution >= 4 is 22.4 Å². The van der Waals surface area contributed by atoms with Crippen molar-refractivity contribution in [1.29, 1.82) is 0 Å². The van der Waals surface area contributed by atoms with Crippen LogP contribution in [0.15, 0.2) is 59.5 Å². The Kier molecular flexibility index (Phi) is 4.78. The zero-order chi connectivity index (χ0) is 13.8. The van der Waals surface area contributed by atoms with E-state index in [0.717, 1.165) is 10.5 Å². The Morgan fingerprint density at radius 2 is 1.58 bits per heavy atom. The molecule has 0 amide bonds. The van der Waals surface area contributed by atoms with E-state index < -0.39 is 10.8 Å². The maximum absolute atomic E-state index is 12.5. The van der Waals surface area contributed by atoms with Crippen molar-refractivity contribution in [3.63, 3.8) is 0 Å². The summed E-state index contributed by atoms with van der Waals surface area (Å²) in [5.41, 5.74) is 2.18. The predicted molar refractivity (Wildman–Crippen MR) is 82.1 cm³/mol. The normalized spacial score (nSPS) is 15.7. The molecule has 0 saturated carbocycles. The fraction of sp³-hybridized carbons (Fsp3) is 0.250. The molecule has 1 nitrogen and oxygen atoms in total. The molecule has 0 aliphatic rings. The third kappa shape index (κ3) is 3.46. The fourth-order valence-electron chi connectivity index (χ4n) is 1.90. The molecule has 3 atom stereocenters. The van der Waals surface area contributed by atoms with Crippen LogP contribution < -0.4 is 0 Å². The molecule has 0 heterocycles. The number of alkyl halides is 1. The summed E-state index contributed by atoms with van der Waals surface area (Å²) in [7, 11) is -1.10. The van der Waals surface area contributed by atoms with Crippen LogP contribution in [0, 0.1) is 6.92 Å². The molecule has 19 heavy (non-hydrogen) atoms. The van der Waals surface area contributed by atoms with Crippen molar-refractivity contribution in [2.24, 2.45) is 0 Å². The van der Waals surface area contributed by atoms with E-state index in [4.69, 9.17) is 11.6 Å². The molecular formula is C16H17ClOS. The van der Waals surface area contributed by atoms with Gasteiger partial charge in [-0.25, -0.2) is 0 Å². The minimum absolute atomic E-state index is 0.133. The molecule has 0 aliphatic heterocycles. The smallest absolute Gasteiger partial charge is 0.0729 e. The molecule has 3 heteroatoms. The first-order valence-electron chi connectivity index (χ1n) is 6.26. The second-order valence-electron chi connectivity index (χ2n) is 4.63. The van der Waals surface area contributed by atoms with Crippen LogP contribution in [-0.4, -0.2) is 9.46 Å². The standard InChI is InChI=1S/C16H17ClOS/c1-12-8-10-15(11-9-12)19(18)13(2)16(17)14-6-4-3-5-7-14/h3-11,13,16H,1-2H3/t13-,16-,19-/m0/s1. The van der Waals surface area contributed by atoms with Gasteiger partial charge in [-0.3, -0.25) is 4.21 Å². The Hall–Kier alpha value is -1.12. The highest BCUT2D eigenvalue weighted by Crippen LogP contribution is 2.29. The van der Waals surface area contributed by atoms with Crippen LogP contribution in [0.3, 0.4) is 0 Å². The van der Waals surface area contributed by atoms with Gasteiger partial charge in [0.05, 0.1) is 21.4 Å². The molecule has 0 saturated heterocycles. The lowest BCUT2D eigenvalue weighted by Crippen LogP contribution is -2.17. The van der Waals surface area contributed by atoms with Gasteiger partial charge in [0, 0.05) is 4.90 Å². The molecule has 2 rings (SSSR count). The van der Waals surface area contributed by atoms with Gasteiger partial charge in [-0.15, -0.1) is 11.6 Å². The van der Waals surface area contributed by atoms with E-state index >= 15 is 0 Å². The second kappa shape index (κ2) is 6.36. The minimum atomic E-state index is -1.10. The van der Waals surface area contributed by atoms with E-state index in [0.29, 0.717) is 0 Å². The number of halogens is 1. The fourth-order valence-corrected chi connectivity index (χ4v) is 3.54. The molecule has 0 bridgehead atoms. The van der Waals surface area contributed by atoms with E-state index in [1.54, 1.807) is 0 Å². The van der Waals surface area contributed by atoms with Crippen LogP contribution >= 0.6 is 11.6 Å². The predicted octanol–water partition coefficient (Wildman–Crippen LogP) is 4.47. The Morgan fingerprint density at radius 3 is 2.16 bits per heavy atom. The number of rotatable bonds is 4. The highest BCUT2D eigenvalue weighted by molar-refractivity contribution is 7.85. The maximum atomic E-state index is 12.5. The van der Waals surface area contributed by atoms with Crippen molar-refractivity contribution < 1.29 is 4.21 Å². The number of hydrogen-bond acceptors (Lipinski definition) is 1. The quantitative estimate of drug-likeness (QED) is 0.760. The summed E-state index contributed by atoms with van der Waals surface area (Å²) in [5.74, 6) is 0. The van der Waals surface area contributed by atoms with Crippen molar-refractivity contribution in [3.8, 4) is 0 Å². The minimum Gasteiger partial charge on any atom is -0.254 e. The van der Waals surface area contributed by atoms with E-state index in [1.165, 1.54) is 5.56 Å². The molecular weight excluding hydrogens is 276 g/mol. The van der Waals surface area contributed by atoms with Gasteiger partial charge in [-0.2, -0.15) is 0 Å². The zero-order valence-electron chi connectivity index (χ0n) is 11.0. The van der Waals surface area contributed by atoms with Gasteiger partial charge in [0.25, 0.3) is 0 Å². The Morgan fingerprint density at radius 1 is 1.00 bits per heavy atom. The van der Waals surface area contributed by atoms with E-state index in [9.17, 15) is 4.21 Å². The van der Waals surface area contributed by atoms with E-state index in [-0.39, 0.29) is 10.6 Å².